The summed E-state index contributed by atoms with van der Waals surface area (Å²) in [6.45, 7) is 3.23. The normalized spacial score (nSPS) is 22.0. The van der Waals surface area contributed by atoms with Crippen LogP contribution in [0.4, 0.5) is 0 Å². The van der Waals surface area contributed by atoms with Gasteiger partial charge in [0, 0.05) is 12.5 Å². The zero-order valence-corrected chi connectivity index (χ0v) is 39.6. The highest BCUT2D eigenvalue weighted by molar-refractivity contribution is 7.47. The molecule has 364 valence electrons. The van der Waals surface area contributed by atoms with Crippen LogP contribution in [0.1, 0.15) is 213 Å². The molecule has 0 aromatic heterocycles. The van der Waals surface area contributed by atoms with Crippen LogP contribution in [0.15, 0.2) is 24.3 Å². The third kappa shape index (κ3) is 30.5. The van der Waals surface area contributed by atoms with Crippen LogP contribution in [0, 0.1) is 0 Å². The fourth-order valence-corrected chi connectivity index (χ4v) is 8.64. The molecular weight excluding hydrogens is 815 g/mol. The number of hydrogen-bond acceptors (Lipinski definition) is 12. The molecule has 1 fully saturated rings. The third-order valence-electron chi connectivity index (χ3n) is 11.7. The summed E-state index contributed by atoms with van der Waals surface area (Å²) in [4.78, 5) is 35.6. The van der Waals surface area contributed by atoms with Crippen molar-refractivity contribution in [2.24, 2.45) is 0 Å². The van der Waals surface area contributed by atoms with Crippen LogP contribution in [-0.2, 0) is 32.7 Å². The first-order valence-electron chi connectivity index (χ1n) is 24.7. The van der Waals surface area contributed by atoms with Crippen molar-refractivity contribution < 1.29 is 63.1 Å². The van der Waals surface area contributed by atoms with Gasteiger partial charge < -0.3 is 39.9 Å². The Kier molecular flexibility index (Phi) is 36.3. The number of rotatable bonds is 41. The quantitative estimate of drug-likeness (QED) is 0.0111. The maximum atomic E-state index is 12.8. The Balaban J connectivity index is 2.45. The molecule has 1 aliphatic rings. The molecule has 0 radical (unpaired) electrons. The number of ether oxygens (including phenoxy) is 2. The molecule has 13 nitrogen and oxygen atoms in total. The number of allylic oxidation sites excluding steroid dienone is 3. The van der Waals surface area contributed by atoms with E-state index in [4.69, 9.17) is 18.5 Å². The number of phosphoric ester groups is 1. The van der Waals surface area contributed by atoms with Gasteiger partial charge in [-0.2, -0.15) is 0 Å². The first kappa shape index (κ1) is 58.3. The number of carbonyl (C=O) groups is 2. The van der Waals surface area contributed by atoms with Gasteiger partial charge in [-0.25, -0.2) is 9.36 Å². The van der Waals surface area contributed by atoms with E-state index in [1.54, 1.807) is 6.08 Å². The second kappa shape index (κ2) is 38.6. The van der Waals surface area contributed by atoms with Gasteiger partial charge in [-0.3, -0.25) is 13.8 Å². The predicted molar refractivity (Wildman–Crippen MR) is 244 cm³/mol. The van der Waals surface area contributed by atoms with Crippen molar-refractivity contribution in [1.82, 2.24) is 0 Å². The van der Waals surface area contributed by atoms with Crippen molar-refractivity contribution >= 4 is 19.8 Å². The number of aliphatic hydroxyl groups is 5. The molecule has 0 bridgehead atoms. The van der Waals surface area contributed by atoms with E-state index >= 15 is 0 Å². The number of hydrogen-bond donors (Lipinski definition) is 6. The summed E-state index contributed by atoms with van der Waals surface area (Å²) in [7, 11) is -5.14. The Bertz CT molecular complexity index is 1180. The van der Waals surface area contributed by atoms with E-state index in [1.807, 2.05) is 6.08 Å². The van der Waals surface area contributed by atoms with Crippen molar-refractivity contribution in [3.63, 3.8) is 0 Å². The van der Waals surface area contributed by atoms with E-state index < -0.39 is 75.7 Å². The topological polar surface area (TPSA) is 210 Å². The minimum Gasteiger partial charge on any atom is -0.462 e. The van der Waals surface area contributed by atoms with Gasteiger partial charge in [0.05, 0.1) is 6.61 Å². The number of esters is 2. The molecular formula is C48H89O13P. The van der Waals surface area contributed by atoms with Crippen LogP contribution < -0.4 is 0 Å². The number of carbonyl (C=O) groups excluding carboxylic acids is 2. The van der Waals surface area contributed by atoms with Gasteiger partial charge in [-0.15, -0.1) is 0 Å². The SMILES string of the molecule is CCCCCCCCCCCCC/C=C/C=C/C(=O)O[C@@H](COC(=O)CCCCCCCCCCCCCCCCCCCC)COP(=O)(O)OC1C(O)C(O)C(O)[C@H](O)C1O. The molecule has 0 spiro atoms. The lowest BCUT2D eigenvalue weighted by atomic mass is 9.85. The molecule has 14 heteroatoms. The highest BCUT2D eigenvalue weighted by atomic mass is 31.2. The Labute approximate surface area is 375 Å². The second-order valence-electron chi connectivity index (χ2n) is 17.4. The van der Waals surface area contributed by atoms with Crippen LogP contribution in [-0.4, -0.2) is 98.3 Å². The van der Waals surface area contributed by atoms with Crippen molar-refractivity contribution in [3.05, 3.63) is 24.3 Å². The molecule has 0 aromatic rings. The lowest BCUT2D eigenvalue weighted by Gasteiger charge is -2.41. The monoisotopic (exact) mass is 905 g/mol. The summed E-state index contributed by atoms with van der Waals surface area (Å²) in [5, 5.41) is 50.2. The highest BCUT2D eigenvalue weighted by Crippen LogP contribution is 2.47. The lowest BCUT2D eigenvalue weighted by Crippen LogP contribution is -2.64. The number of unbranched alkanes of at least 4 members (excludes halogenated alkanes) is 28. The van der Waals surface area contributed by atoms with Gasteiger partial charge in [-0.1, -0.05) is 205 Å². The van der Waals surface area contributed by atoms with Gasteiger partial charge >= 0.3 is 19.8 Å². The van der Waals surface area contributed by atoms with E-state index in [-0.39, 0.29) is 6.42 Å². The maximum absolute atomic E-state index is 12.8. The van der Waals surface area contributed by atoms with Gasteiger partial charge in [0.15, 0.2) is 6.10 Å². The minimum absolute atomic E-state index is 0.152. The summed E-state index contributed by atoms with van der Waals surface area (Å²) in [5.41, 5.74) is 0. The zero-order valence-electron chi connectivity index (χ0n) is 38.7. The molecule has 0 amide bonds. The van der Waals surface area contributed by atoms with Gasteiger partial charge in [0.1, 0.15) is 43.2 Å². The summed E-state index contributed by atoms with van der Waals surface area (Å²) in [6, 6.07) is 0. The smallest absolute Gasteiger partial charge is 0.462 e. The number of aliphatic hydroxyl groups excluding tert-OH is 5. The largest absolute Gasteiger partial charge is 0.472 e. The van der Waals surface area contributed by atoms with Crippen LogP contribution in [0.25, 0.3) is 0 Å². The highest BCUT2D eigenvalue weighted by Gasteiger charge is 2.51. The van der Waals surface area contributed by atoms with Crippen LogP contribution in [0.3, 0.4) is 0 Å². The molecule has 0 aliphatic heterocycles. The van der Waals surface area contributed by atoms with E-state index in [1.165, 1.54) is 160 Å². The molecule has 1 aliphatic carbocycles. The van der Waals surface area contributed by atoms with E-state index in [2.05, 4.69) is 13.8 Å². The van der Waals surface area contributed by atoms with E-state index in [9.17, 15) is 44.6 Å². The Morgan fingerprint density at radius 1 is 0.532 bits per heavy atom. The molecule has 0 saturated heterocycles. The van der Waals surface area contributed by atoms with E-state index in [0.717, 1.165) is 38.5 Å². The van der Waals surface area contributed by atoms with Crippen LogP contribution >= 0.6 is 7.82 Å². The molecule has 1 saturated carbocycles. The first-order chi connectivity index (χ1) is 29.9. The van der Waals surface area contributed by atoms with Crippen LogP contribution in [0.2, 0.25) is 0 Å². The fourth-order valence-electron chi connectivity index (χ4n) is 7.67. The molecule has 8 atom stereocenters. The van der Waals surface area contributed by atoms with Gasteiger partial charge in [0.25, 0.3) is 0 Å². The molecule has 6 N–H and O–H groups in total. The third-order valence-corrected chi connectivity index (χ3v) is 12.6. The number of phosphoric acid groups is 1. The molecule has 0 heterocycles. The summed E-state index contributed by atoms with van der Waals surface area (Å²) in [5.74, 6) is -1.34. The average Bonchev–Trinajstić information content (AvgIpc) is 3.25. The van der Waals surface area contributed by atoms with Crippen molar-refractivity contribution in [2.45, 2.75) is 256 Å². The van der Waals surface area contributed by atoms with E-state index in [0.29, 0.717) is 6.42 Å². The zero-order chi connectivity index (χ0) is 45.7. The van der Waals surface area contributed by atoms with Crippen LogP contribution in [0.5, 0.6) is 0 Å². The lowest BCUT2D eigenvalue weighted by molar-refractivity contribution is -0.220. The summed E-state index contributed by atoms with van der Waals surface area (Å²) >= 11 is 0. The molecule has 62 heavy (non-hydrogen) atoms. The molecule has 6 unspecified atom stereocenters. The average molecular weight is 905 g/mol. The Morgan fingerprint density at radius 2 is 0.919 bits per heavy atom. The Morgan fingerprint density at radius 3 is 1.35 bits per heavy atom. The van der Waals surface area contributed by atoms with Crippen molar-refractivity contribution in [3.8, 4) is 0 Å². The predicted octanol–water partition coefficient (Wildman–Crippen LogP) is 10.0. The Hall–Kier alpha value is -1.67. The molecule has 1 rings (SSSR count). The van der Waals surface area contributed by atoms with Gasteiger partial charge in [-0.05, 0) is 19.3 Å². The molecule has 0 aromatic carbocycles. The minimum atomic E-state index is -5.14. The fraction of sp³-hybridized carbons (Fsp3) is 0.875. The van der Waals surface area contributed by atoms with Crippen molar-refractivity contribution in [2.75, 3.05) is 13.2 Å². The first-order valence-corrected chi connectivity index (χ1v) is 26.2. The standard InChI is InChI=1S/C48H89O13P/c1-3-5-7-9-11-13-15-17-19-20-21-23-24-26-28-30-32-34-36-41(49)58-38-40(39-59-62(56,57)61-48-46(54)44(52)43(51)45(53)47(48)55)60-42(50)37-35-33-31-29-27-25-22-18-16-14-12-10-8-6-4-2/h31,33,35,37,40,43-48,51-55H,3-30,32,34,36,38-39H2,1-2H3,(H,56,57)/b33-31+,37-35+/t40-,43?,44-,45?,46?,47?,48?/m0/s1. The van der Waals surface area contributed by atoms with Gasteiger partial charge in [0.2, 0.25) is 0 Å². The maximum Gasteiger partial charge on any atom is 0.472 e. The van der Waals surface area contributed by atoms with Crippen molar-refractivity contribution in [1.29, 1.82) is 0 Å². The second-order valence-corrected chi connectivity index (χ2v) is 18.8. The summed E-state index contributed by atoms with van der Waals surface area (Å²) in [6.07, 6.45) is 30.1. The summed E-state index contributed by atoms with van der Waals surface area (Å²) < 4.78 is 33.4.